The zero-order valence-electron chi connectivity index (χ0n) is 20.3. The van der Waals surface area contributed by atoms with E-state index in [-0.39, 0.29) is 48.4 Å². The van der Waals surface area contributed by atoms with E-state index in [4.69, 9.17) is 9.47 Å². The summed E-state index contributed by atoms with van der Waals surface area (Å²) >= 11 is 0. The van der Waals surface area contributed by atoms with Crippen LogP contribution in [0.5, 0.6) is 5.75 Å². The number of ether oxygens (including phenoxy) is 2. The van der Waals surface area contributed by atoms with Gasteiger partial charge in [0.15, 0.2) is 11.6 Å². The number of hydrogen-bond acceptors (Lipinski definition) is 4. The second-order valence-corrected chi connectivity index (χ2v) is 10.3. The van der Waals surface area contributed by atoms with Crippen molar-refractivity contribution in [3.63, 3.8) is 0 Å². The summed E-state index contributed by atoms with van der Waals surface area (Å²) in [5.41, 5.74) is 0.519. The third-order valence-corrected chi connectivity index (χ3v) is 6.36. The van der Waals surface area contributed by atoms with Crippen LogP contribution in [0.25, 0.3) is 0 Å². The van der Waals surface area contributed by atoms with Crippen molar-refractivity contribution in [3.8, 4) is 5.75 Å². The maximum atomic E-state index is 14.7. The number of rotatable bonds is 10. The Morgan fingerprint density at radius 1 is 1.19 bits per heavy atom. The van der Waals surface area contributed by atoms with Crippen LogP contribution in [0.1, 0.15) is 104 Å². The summed E-state index contributed by atoms with van der Waals surface area (Å²) in [7, 11) is 0. The van der Waals surface area contributed by atoms with E-state index in [1.54, 1.807) is 13.0 Å². The second-order valence-electron chi connectivity index (χ2n) is 10.3. The summed E-state index contributed by atoms with van der Waals surface area (Å²) in [5.74, 6) is -4.46. The van der Waals surface area contributed by atoms with Crippen LogP contribution in [-0.2, 0) is 9.53 Å². The number of unbranched alkanes of at least 4 members (excludes halogenated alkanes) is 1. The van der Waals surface area contributed by atoms with Gasteiger partial charge in [-0.25, -0.2) is 4.39 Å². The van der Waals surface area contributed by atoms with E-state index in [0.29, 0.717) is 24.8 Å². The predicted molar refractivity (Wildman–Crippen MR) is 121 cm³/mol. The standard InChI is InChI=1S/C26H40F2O4/c1-6-10-19-17-18(20-12-13-21(31-7-2)24(28)23(20)27)14-16-26(19,30)32-22(29)11-8-9-15-25(3,4)5/h12-13,18-19,30H,6-11,14-17H2,1-5H3. The molecule has 0 aromatic heterocycles. The van der Waals surface area contributed by atoms with Crippen LogP contribution < -0.4 is 4.74 Å². The van der Waals surface area contributed by atoms with E-state index < -0.39 is 17.4 Å². The van der Waals surface area contributed by atoms with Crippen molar-refractivity contribution >= 4 is 5.97 Å². The molecule has 0 saturated heterocycles. The average Bonchev–Trinajstić information content (AvgIpc) is 2.70. The van der Waals surface area contributed by atoms with E-state index in [9.17, 15) is 18.7 Å². The minimum absolute atomic E-state index is 0.0911. The van der Waals surface area contributed by atoms with Crippen LogP contribution in [0.15, 0.2) is 12.1 Å². The fourth-order valence-electron chi connectivity index (χ4n) is 4.64. The van der Waals surface area contributed by atoms with Crippen molar-refractivity contribution in [2.24, 2.45) is 11.3 Å². The smallest absolute Gasteiger partial charge is 0.308 e. The molecule has 0 aliphatic heterocycles. The summed E-state index contributed by atoms with van der Waals surface area (Å²) < 4.78 is 39.9. The molecule has 0 bridgehead atoms. The second kappa shape index (κ2) is 11.4. The lowest BCUT2D eigenvalue weighted by atomic mass is 9.72. The normalized spacial score (nSPS) is 23.8. The Balaban J connectivity index is 2.04. The number of carbonyl (C=O) groups is 1. The molecular formula is C26H40F2O4. The van der Waals surface area contributed by atoms with Crippen molar-refractivity contribution in [2.75, 3.05) is 6.61 Å². The predicted octanol–water partition coefficient (Wildman–Crippen LogP) is 6.89. The molecule has 32 heavy (non-hydrogen) atoms. The topological polar surface area (TPSA) is 55.8 Å². The minimum Gasteiger partial charge on any atom is -0.491 e. The summed E-state index contributed by atoms with van der Waals surface area (Å²) in [5, 5.41) is 11.2. The van der Waals surface area contributed by atoms with Gasteiger partial charge in [0.2, 0.25) is 11.6 Å². The van der Waals surface area contributed by atoms with Gasteiger partial charge in [-0.1, -0.05) is 46.6 Å². The van der Waals surface area contributed by atoms with Crippen LogP contribution >= 0.6 is 0 Å². The molecule has 1 N–H and O–H groups in total. The Morgan fingerprint density at radius 3 is 2.53 bits per heavy atom. The van der Waals surface area contributed by atoms with Crippen LogP contribution in [0.3, 0.4) is 0 Å². The van der Waals surface area contributed by atoms with E-state index in [1.165, 1.54) is 6.07 Å². The molecule has 3 unspecified atom stereocenters. The summed E-state index contributed by atoms with van der Waals surface area (Å²) in [6, 6.07) is 3.03. The number of carbonyl (C=O) groups excluding carboxylic acids is 1. The van der Waals surface area contributed by atoms with Crippen LogP contribution in [0.2, 0.25) is 0 Å². The highest BCUT2D eigenvalue weighted by atomic mass is 19.2. The molecule has 6 heteroatoms. The monoisotopic (exact) mass is 454 g/mol. The van der Waals surface area contributed by atoms with Crippen LogP contribution in [0.4, 0.5) is 8.78 Å². The van der Waals surface area contributed by atoms with Gasteiger partial charge < -0.3 is 14.6 Å². The quantitative estimate of drug-likeness (QED) is 0.238. The SMILES string of the molecule is CCCC1CC(c2ccc(OCC)c(F)c2F)CCC1(O)OC(=O)CCCCC(C)(C)C. The van der Waals surface area contributed by atoms with Gasteiger partial charge in [-0.3, -0.25) is 4.79 Å². The number of aliphatic hydroxyl groups is 1. The zero-order chi connectivity index (χ0) is 23.9. The maximum absolute atomic E-state index is 14.7. The molecule has 1 saturated carbocycles. The first-order valence-corrected chi connectivity index (χ1v) is 12.1. The van der Waals surface area contributed by atoms with Crippen molar-refractivity contribution in [3.05, 3.63) is 29.3 Å². The lowest BCUT2D eigenvalue weighted by Crippen LogP contribution is -2.46. The molecule has 2 rings (SSSR count). The molecule has 3 atom stereocenters. The first kappa shape index (κ1) is 26.6. The third-order valence-electron chi connectivity index (χ3n) is 6.36. The lowest BCUT2D eigenvalue weighted by Gasteiger charge is -2.42. The molecule has 0 heterocycles. The van der Waals surface area contributed by atoms with Crippen LogP contribution in [0, 0.1) is 23.0 Å². The first-order chi connectivity index (χ1) is 15.0. The first-order valence-electron chi connectivity index (χ1n) is 12.1. The Kier molecular flexibility index (Phi) is 9.50. The average molecular weight is 455 g/mol. The summed E-state index contributed by atoms with van der Waals surface area (Å²) in [6.07, 6.45) is 5.46. The number of benzene rings is 1. The summed E-state index contributed by atoms with van der Waals surface area (Å²) in [4.78, 5) is 12.4. The van der Waals surface area contributed by atoms with Gasteiger partial charge in [-0.2, -0.15) is 4.39 Å². The van der Waals surface area contributed by atoms with E-state index in [0.717, 1.165) is 25.7 Å². The van der Waals surface area contributed by atoms with Gasteiger partial charge in [0.1, 0.15) is 0 Å². The van der Waals surface area contributed by atoms with Gasteiger partial charge in [0.05, 0.1) is 6.61 Å². The van der Waals surface area contributed by atoms with E-state index >= 15 is 0 Å². The van der Waals surface area contributed by atoms with Crippen LogP contribution in [-0.4, -0.2) is 23.5 Å². The Morgan fingerprint density at radius 2 is 1.91 bits per heavy atom. The number of hydrogen-bond donors (Lipinski definition) is 1. The third kappa shape index (κ3) is 7.16. The Bertz CT molecular complexity index is 759. The van der Waals surface area contributed by atoms with Gasteiger partial charge in [0.25, 0.3) is 0 Å². The van der Waals surface area contributed by atoms with E-state index in [2.05, 4.69) is 20.8 Å². The molecule has 4 nitrogen and oxygen atoms in total. The molecule has 0 amide bonds. The fraction of sp³-hybridized carbons (Fsp3) is 0.731. The molecule has 0 radical (unpaired) electrons. The molecule has 1 aliphatic carbocycles. The van der Waals surface area contributed by atoms with Crippen molar-refractivity contribution in [1.29, 1.82) is 0 Å². The lowest BCUT2D eigenvalue weighted by molar-refractivity contribution is -0.246. The molecule has 182 valence electrons. The fourth-order valence-corrected chi connectivity index (χ4v) is 4.64. The van der Waals surface area contributed by atoms with Gasteiger partial charge in [0, 0.05) is 18.8 Å². The Labute approximate surface area is 191 Å². The van der Waals surface area contributed by atoms with E-state index in [1.807, 2.05) is 6.92 Å². The number of halogens is 2. The van der Waals surface area contributed by atoms with Crippen molar-refractivity contribution in [2.45, 2.75) is 104 Å². The largest absolute Gasteiger partial charge is 0.491 e. The maximum Gasteiger partial charge on any atom is 0.308 e. The van der Waals surface area contributed by atoms with Crippen molar-refractivity contribution in [1.82, 2.24) is 0 Å². The van der Waals surface area contributed by atoms with Gasteiger partial charge in [-0.15, -0.1) is 0 Å². The number of esters is 1. The molecule has 1 aliphatic rings. The minimum atomic E-state index is -1.55. The highest BCUT2D eigenvalue weighted by Gasteiger charge is 2.45. The highest BCUT2D eigenvalue weighted by Crippen LogP contribution is 2.46. The molecular weight excluding hydrogens is 414 g/mol. The van der Waals surface area contributed by atoms with Crippen molar-refractivity contribution < 1.29 is 28.2 Å². The Hall–Kier alpha value is -1.69. The van der Waals surface area contributed by atoms with Gasteiger partial charge >= 0.3 is 5.97 Å². The summed E-state index contributed by atoms with van der Waals surface area (Å²) in [6.45, 7) is 10.5. The van der Waals surface area contributed by atoms with Gasteiger partial charge in [-0.05, 0) is 62.0 Å². The highest BCUT2D eigenvalue weighted by molar-refractivity contribution is 5.69. The zero-order valence-corrected chi connectivity index (χ0v) is 20.3. The molecule has 1 aromatic carbocycles. The molecule has 1 aromatic rings. The molecule has 0 spiro atoms. The molecule has 1 fully saturated rings.